The minimum absolute atomic E-state index is 1.14. The Hall–Kier alpha value is -3.58. The van der Waals surface area contributed by atoms with Crippen LogP contribution in [0.2, 0.25) is 0 Å². The summed E-state index contributed by atoms with van der Waals surface area (Å²) >= 11 is 0. The van der Waals surface area contributed by atoms with Crippen LogP contribution in [0, 0.1) is 13.8 Å². The molecule has 0 spiro atoms. The Balaban J connectivity index is 1.80. The summed E-state index contributed by atoms with van der Waals surface area (Å²) in [6.45, 7) is 8.21. The normalized spacial score (nSPS) is 10.6. The molecular formula is C28H25N. The number of aryl methyl sites for hydroxylation is 2. The number of rotatable bonds is 5. The molecule has 0 aliphatic rings. The van der Waals surface area contributed by atoms with Gasteiger partial charge in [0.2, 0.25) is 0 Å². The second-order valence-corrected chi connectivity index (χ2v) is 7.35. The SMILES string of the molecule is C=Cc1ccccc1-c1ccc(N(c2cccc(C)c2)c2cccc(C)c2)cc1. The molecule has 0 aliphatic heterocycles. The summed E-state index contributed by atoms with van der Waals surface area (Å²) in [6.07, 6.45) is 1.91. The van der Waals surface area contributed by atoms with E-state index in [-0.39, 0.29) is 0 Å². The first-order valence-corrected chi connectivity index (χ1v) is 9.91. The predicted molar refractivity (Wildman–Crippen MR) is 126 cm³/mol. The van der Waals surface area contributed by atoms with Crippen molar-refractivity contribution in [3.05, 3.63) is 120 Å². The molecule has 0 bridgehead atoms. The summed E-state index contributed by atoms with van der Waals surface area (Å²) < 4.78 is 0. The second-order valence-electron chi connectivity index (χ2n) is 7.35. The molecule has 0 heterocycles. The fraction of sp³-hybridized carbons (Fsp3) is 0.0714. The van der Waals surface area contributed by atoms with Crippen LogP contribution in [0.4, 0.5) is 17.1 Å². The average molecular weight is 376 g/mol. The number of anilines is 3. The van der Waals surface area contributed by atoms with Crippen molar-refractivity contribution in [2.75, 3.05) is 4.90 Å². The Morgan fingerprint density at radius 1 is 0.621 bits per heavy atom. The number of hydrogen-bond donors (Lipinski definition) is 0. The zero-order valence-electron chi connectivity index (χ0n) is 17.0. The minimum atomic E-state index is 1.14. The molecule has 0 fully saturated rings. The molecule has 1 nitrogen and oxygen atoms in total. The highest BCUT2D eigenvalue weighted by Gasteiger charge is 2.13. The van der Waals surface area contributed by atoms with Crippen molar-refractivity contribution >= 4 is 23.1 Å². The lowest BCUT2D eigenvalue weighted by molar-refractivity contribution is 1.26. The molecule has 0 amide bonds. The van der Waals surface area contributed by atoms with Gasteiger partial charge in [0.1, 0.15) is 0 Å². The molecule has 0 unspecified atom stereocenters. The summed E-state index contributed by atoms with van der Waals surface area (Å²) in [5, 5.41) is 0. The molecule has 0 saturated carbocycles. The van der Waals surface area contributed by atoms with Gasteiger partial charge in [-0.15, -0.1) is 0 Å². The van der Waals surface area contributed by atoms with Gasteiger partial charge >= 0.3 is 0 Å². The zero-order chi connectivity index (χ0) is 20.2. The third-order valence-electron chi connectivity index (χ3n) is 5.14. The van der Waals surface area contributed by atoms with E-state index in [0.29, 0.717) is 0 Å². The first-order valence-electron chi connectivity index (χ1n) is 9.91. The maximum atomic E-state index is 3.95. The topological polar surface area (TPSA) is 3.24 Å². The van der Waals surface area contributed by atoms with Crippen LogP contribution in [0.3, 0.4) is 0 Å². The van der Waals surface area contributed by atoms with Crippen LogP contribution in [0.5, 0.6) is 0 Å². The number of hydrogen-bond acceptors (Lipinski definition) is 1. The van der Waals surface area contributed by atoms with E-state index in [9.17, 15) is 0 Å². The van der Waals surface area contributed by atoms with Crippen molar-refractivity contribution in [3.8, 4) is 11.1 Å². The summed E-state index contributed by atoms with van der Waals surface area (Å²) in [5.74, 6) is 0. The van der Waals surface area contributed by atoms with Crippen LogP contribution in [0.1, 0.15) is 16.7 Å². The van der Waals surface area contributed by atoms with E-state index in [1.165, 1.54) is 22.3 Å². The maximum absolute atomic E-state index is 3.95. The maximum Gasteiger partial charge on any atom is 0.0464 e. The quantitative estimate of drug-likeness (QED) is 0.341. The first kappa shape index (κ1) is 18.8. The Morgan fingerprint density at radius 3 is 1.76 bits per heavy atom. The van der Waals surface area contributed by atoms with Gasteiger partial charge in [-0.3, -0.25) is 0 Å². The lowest BCUT2D eigenvalue weighted by atomic mass is 9.99. The van der Waals surface area contributed by atoms with Gasteiger partial charge < -0.3 is 4.90 Å². The van der Waals surface area contributed by atoms with E-state index in [1.54, 1.807) is 0 Å². The molecule has 0 aliphatic carbocycles. The fourth-order valence-electron chi connectivity index (χ4n) is 3.71. The van der Waals surface area contributed by atoms with Crippen LogP contribution < -0.4 is 4.90 Å². The zero-order valence-corrected chi connectivity index (χ0v) is 17.0. The fourth-order valence-corrected chi connectivity index (χ4v) is 3.71. The molecule has 0 radical (unpaired) electrons. The van der Waals surface area contributed by atoms with Crippen LogP contribution in [-0.2, 0) is 0 Å². The van der Waals surface area contributed by atoms with Crippen LogP contribution >= 0.6 is 0 Å². The van der Waals surface area contributed by atoms with Crippen molar-refractivity contribution < 1.29 is 0 Å². The Labute approximate surface area is 173 Å². The monoisotopic (exact) mass is 375 g/mol. The van der Waals surface area contributed by atoms with E-state index in [1.807, 2.05) is 12.1 Å². The molecule has 29 heavy (non-hydrogen) atoms. The van der Waals surface area contributed by atoms with E-state index >= 15 is 0 Å². The van der Waals surface area contributed by atoms with Crippen molar-refractivity contribution in [3.63, 3.8) is 0 Å². The molecular weight excluding hydrogens is 350 g/mol. The molecule has 1 heteroatoms. The predicted octanol–water partition coefficient (Wildman–Crippen LogP) is 8.08. The minimum Gasteiger partial charge on any atom is -0.310 e. The highest BCUT2D eigenvalue weighted by atomic mass is 15.1. The molecule has 0 N–H and O–H groups in total. The smallest absolute Gasteiger partial charge is 0.0464 e. The Bertz CT molecular complexity index is 1090. The summed E-state index contributed by atoms with van der Waals surface area (Å²) in [4.78, 5) is 2.31. The molecule has 4 rings (SSSR count). The Morgan fingerprint density at radius 2 is 1.21 bits per heavy atom. The van der Waals surface area contributed by atoms with Gasteiger partial charge in [0.05, 0.1) is 0 Å². The third kappa shape index (κ3) is 4.00. The third-order valence-corrected chi connectivity index (χ3v) is 5.14. The van der Waals surface area contributed by atoms with E-state index in [4.69, 9.17) is 0 Å². The van der Waals surface area contributed by atoms with Gasteiger partial charge in [-0.05, 0) is 78.1 Å². The molecule has 4 aromatic rings. The van der Waals surface area contributed by atoms with Crippen molar-refractivity contribution in [2.45, 2.75) is 13.8 Å². The second kappa shape index (κ2) is 8.20. The number of benzene rings is 4. The summed E-state index contributed by atoms with van der Waals surface area (Å²) in [7, 11) is 0. The first-order chi connectivity index (χ1) is 14.2. The van der Waals surface area contributed by atoms with E-state index in [0.717, 1.165) is 22.6 Å². The van der Waals surface area contributed by atoms with Gasteiger partial charge in [0.25, 0.3) is 0 Å². The molecule has 4 aromatic carbocycles. The standard InChI is InChI=1S/C28H25N/c1-4-23-11-5-6-14-28(23)24-15-17-25(18-16-24)29(26-12-7-9-21(2)19-26)27-13-8-10-22(3)20-27/h4-20H,1H2,2-3H3. The molecule has 0 atom stereocenters. The van der Waals surface area contributed by atoms with Crippen molar-refractivity contribution in [1.82, 2.24) is 0 Å². The lowest BCUT2D eigenvalue weighted by Crippen LogP contribution is -2.10. The van der Waals surface area contributed by atoms with Gasteiger partial charge in [0, 0.05) is 17.1 Å². The molecule has 0 aromatic heterocycles. The van der Waals surface area contributed by atoms with Gasteiger partial charge in [-0.2, -0.15) is 0 Å². The van der Waals surface area contributed by atoms with Crippen molar-refractivity contribution in [2.24, 2.45) is 0 Å². The highest BCUT2D eigenvalue weighted by molar-refractivity contribution is 5.80. The van der Waals surface area contributed by atoms with Crippen LogP contribution in [-0.4, -0.2) is 0 Å². The number of nitrogens with zero attached hydrogens (tertiary/aromatic N) is 1. The van der Waals surface area contributed by atoms with Gasteiger partial charge in [-0.1, -0.05) is 73.3 Å². The van der Waals surface area contributed by atoms with Crippen LogP contribution in [0.15, 0.2) is 104 Å². The van der Waals surface area contributed by atoms with Gasteiger partial charge in [-0.25, -0.2) is 0 Å². The van der Waals surface area contributed by atoms with Gasteiger partial charge in [0.15, 0.2) is 0 Å². The average Bonchev–Trinajstić information content (AvgIpc) is 2.75. The van der Waals surface area contributed by atoms with Crippen LogP contribution in [0.25, 0.3) is 17.2 Å². The summed E-state index contributed by atoms with van der Waals surface area (Å²) in [5.41, 5.74) is 9.50. The summed E-state index contributed by atoms with van der Waals surface area (Å²) in [6, 6.07) is 34.4. The van der Waals surface area contributed by atoms with E-state index in [2.05, 4.69) is 116 Å². The Kier molecular flexibility index (Phi) is 5.31. The lowest BCUT2D eigenvalue weighted by Gasteiger charge is -2.26. The van der Waals surface area contributed by atoms with E-state index < -0.39 is 0 Å². The molecule has 0 saturated heterocycles. The molecule has 142 valence electrons. The van der Waals surface area contributed by atoms with Crippen molar-refractivity contribution in [1.29, 1.82) is 0 Å². The largest absolute Gasteiger partial charge is 0.310 e. The highest BCUT2D eigenvalue weighted by Crippen LogP contribution is 2.36.